The van der Waals surface area contributed by atoms with Crippen LogP contribution >= 0.6 is 45.8 Å². The van der Waals surface area contributed by atoms with Gasteiger partial charge in [0.25, 0.3) is 5.91 Å². The van der Waals surface area contributed by atoms with Gasteiger partial charge in [-0.3, -0.25) is 4.79 Å². The monoisotopic (exact) mass is 603 g/mol. The number of carbonyl (C=O) groups is 1. The molecule has 0 saturated carbocycles. The minimum Gasteiger partial charge on any atom is -0.493 e. The van der Waals surface area contributed by atoms with Gasteiger partial charge in [0.2, 0.25) is 0 Å². The Morgan fingerprint density at radius 3 is 2.62 bits per heavy atom. The molecule has 170 valence electrons. The number of nitriles is 2. The lowest BCUT2D eigenvalue weighted by Crippen LogP contribution is -2.13. The molecule has 3 aromatic rings. The fraction of sp³-hybridized carbons (Fsp3) is 0.0800. The molecule has 0 unspecified atom stereocenters. The molecule has 1 N–H and O–H groups in total. The number of ether oxygens (including phenoxy) is 2. The number of hydrogen-bond acceptors (Lipinski definition) is 5. The first kappa shape index (κ1) is 25.4. The molecule has 3 aromatic carbocycles. The quantitative estimate of drug-likeness (QED) is 0.186. The zero-order chi connectivity index (χ0) is 24.7. The van der Waals surface area contributed by atoms with Gasteiger partial charge in [-0.2, -0.15) is 10.5 Å². The second-order valence-electron chi connectivity index (χ2n) is 6.82. The fourth-order valence-corrected chi connectivity index (χ4v) is 4.10. The van der Waals surface area contributed by atoms with E-state index in [2.05, 4.69) is 34.0 Å². The summed E-state index contributed by atoms with van der Waals surface area (Å²) in [5.74, 6) is 0.277. The summed E-state index contributed by atoms with van der Waals surface area (Å²) < 4.78 is 12.1. The molecular formula is C25H16Cl2IN3O3. The average molecular weight is 604 g/mol. The lowest BCUT2D eigenvalue weighted by atomic mass is 10.1. The van der Waals surface area contributed by atoms with E-state index in [9.17, 15) is 15.3 Å². The van der Waals surface area contributed by atoms with Crippen LogP contribution in [-0.2, 0) is 11.4 Å². The molecule has 0 aliphatic carbocycles. The van der Waals surface area contributed by atoms with E-state index in [0.29, 0.717) is 31.9 Å². The Kier molecular flexibility index (Phi) is 8.78. The summed E-state index contributed by atoms with van der Waals surface area (Å²) in [6.45, 7) is 0.178. The average Bonchev–Trinajstić information content (AvgIpc) is 2.84. The van der Waals surface area contributed by atoms with E-state index in [-0.39, 0.29) is 22.2 Å². The van der Waals surface area contributed by atoms with E-state index in [1.807, 2.05) is 18.2 Å². The third-order valence-electron chi connectivity index (χ3n) is 4.64. The first-order valence-electron chi connectivity index (χ1n) is 9.73. The van der Waals surface area contributed by atoms with Gasteiger partial charge in [0, 0.05) is 5.56 Å². The van der Waals surface area contributed by atoms with Crippen molar-refractivity contribution in [2.75, 3.05) is 12.4 Å². The molecular weight excluding hydrogens is 588 g/mol. The van der Waals surface area contributed by atoms with Crippen LogP contribution in [0.3, 0.4) is 0 Å². The van der Waals surface area contributed by atoms with Gasteiger partial charge < -0.3 is 14.8 Å². The number of hydrogen-bond donors (Lipinski definition) is 1. The summed E-state index contributed by atoms with van der Waals surface area (Å²) in [5, 5.41) is 21.9. The predicted molar refractivity (Wildman–Crippen MR) is 140 cm³/mol. The summed E-state index contributed by atoms with van der Waals surface area (Å²) in [7, 11) is 1.49. The molecule has 9 heteroatoms. The largest absolute Gasteiger partial charge is 0.493 e. The van der Waals surface area contributed by atoms with Crippen LogP contribution < -0.4 is 14.8 Å². The molecule has 0 aromatic heterocycles. The van der Waals surface area contributed by atoms with E-state index in [0.717, 1.165) is 5.56 Å². The molecule has 6 nitrogen and oxygen atoms in total. The molecule has 3 rings (SSSR count). The summed E-state index contributed by atoms with van der Waals surface area (Å²) in [6, 6.07) is 19.4. The normalized spacial score (nSPS) is 10.7. The second kappa shape index (κ2) is 11.8. The van der Waals surface area contributed by atoms with Crippen LogP contribution in [0.15, 0.2) is 60.2 Å². The van der Waals surface area contributed by atoms with E-state index in [4.69, 9.17) is 32.7 Å². The minimum atomic E-state index is -0.630. The summed E-state index contributed by atoms with van der Waals surface area (Å²) in [6.07, 6.45) is 1.44. The van der Waals surface area contributed by atoms with Gasteiger partial charge in [0.05, 0.1) is 38.0 Å². The Hall–Kier alpha value is -3.24. The Labute approximate surface area is 220 Å². The van der Waals surface area contributed by atoms with Gasteiger partial charge in [-0.05, 0) is 64.6 Å². The maximum Gasteiger partial charge on any atom is 0.266 e. The van der Waals surface area contributed by atoms with Crippen LogP contribution in [0, 0.1) is 26.2 Å². The Morgan fingerprint density at radius 1 is 1.15 bits per heavy atom. The van der Waals surface area contributed by atoms with Gasteiger partial charge >= 0.3 is 0 Å². The van der Waals surface area contributed by atoms with Crippen LogP contribution in [0.2, 0.25) is 10.0 Å². The van der Waals surface area contributed by atoms with E-state index >= 15 is 0 Å². The minimum absolute atomic E-state index is 0.134. The van der Waals surface area contributed by atoms with Gasteiger partial charge in [-0.1, -0.05) is 47.5 Å². The third-order valence-corrected chi connectivity index (χ3v) is 6.26. The van der Waals surface area contributed by atoms with Crippen LogP contribution in [0.4, 0.5) is 5.69 Å². The topological polar surface area (TPSA) is 95.1 Å². The molecule has 0 saturated heterocycles. The maximum absolute atomic E-state index is 12.6. The summed E-state index contributed by atoms with van der Waals surface area (Å²) in [4.78, 5) is 12.6. The van der Waals surface area contributed by atoms with Crippen LogP contribution in [0.1, 0.15) is 16.7 Å². The molecule has 0 heterocycles. The van der Waals surface area contributed by atoms with E-state index in [1.165, 1.54) is 13.2 Å². The van der Waals surface area contributed by atoms with Crippen molar-refractivity contribution >= 4 is 63.5 Å². The highest BCUT2D eigenvalue weighted by Crippen LogP contribution is 2.35. The van der Waals surface area contributed by atoms with Crippen molar-refractivity contribution in [1.29, 1.82) is 10.5 Å². The number of benzene rings is 3. The highest BCUT2D eigenvalue weighted by atomic mass is 127. The second-order valence-corrected chi connectivity index (χ2v) is 8.76. The number of nitrogens with zero attached hydrogens (tertiary/aromatic N) is 2. The summed E-state index contributed by atoms with van der Waals surface area (Å²) >= 11 is 14.2. The first-order valence-corrected chi connectivity index (χ1v) is 11.6. The van der Waals surface area contributed by atoms with Gasteiger partial charge in [-0.15, -0.1) is 0 Å². The highest BCUT2D eigenvalue weighted by Gasteiger charge is 2.16. The number of amides is 1. The van der Waals surface area contributed by atoms with Crippen LogP contribution in [0.5, 0.6) is 11.5 Å². The number of anilines is 1. The lowest BCUT2D eigenvalue weighted by Gasteiger charge is -2.14. The molecule has 0 aliphatic rings. The lowest BCUT2D eigenvalue weighted by molar-refractivity contribution is -0.112. The van der Waals surface area contributed by atoms with E-state index < -0.39 is 5.91 Å². The maximum atomic E-state index is 12.6. The molecule has 1 amide bonds. The molecule has 0 bridgehead atoms. The summed E-state index contributed by atoms with van der Waals surface area (Å²) in [5.41, 5.74) is 2.00. The predicted octanol–water partition coefficient (Wildman–Crippen LogP) is 6.60. The van der Waals surface area contributed by atoms with Crippen molar-refractivity contribution in [2.45, 2.75) is 6.61 Å². The van der Waals surface area contributed by atoms with Crippen molar-refractivity contribution in [3.8, 4) is 23.6 Å². The zero-order valence-corrected chi connectivity index (χ0v) is 21.4. The number of methoxy groups -OCH3 is 1. The van der Waals surface area contributed by atoms with Crippen molar-refractivity contribution in [3.05, 3.63) is 90.5 Å². The fourth-order valence-electron chi connectivity index (χ4n) is 2.97. The third kappa shape index (κ3) is 6.00. The highest BCUT2D eigenvalue weighted by molar-refractivity contribution is 14.1. The zero-order valence-electron chi connectivity index (χ0n) is 17.7. The number of nitrogens with one attached hydrogen (secondary N) is 1. The number of halogens is 3. The van der Waals surface area contributed by atoms with E-state index in [1.54, 1.807) is 42.5 Å². The SMILES string of the molecule is COc1cc(/C=C(/C#N)C(=O)Nc2cccc(Cl)c2Cl)cc(I)c1OCc1ccccc1C#N. The van der Waals surface area contributed by atoms with Crippen molar-refractivity contribution in [2.24, 2.45) is 0 Å². The standard InChI is InChI=1S/C25H16Cl2IN3O3/c1-33-22-11-15(9-18(13-30)25(32)31-21-8-4-7-19(26)23(21)27)10-20(28)24(22)34-14-17-6-3-2-5-16(17)12-29/h2-11H,14H2,1H3,(H,31,32)/b18-9-. The molecule has 0 spiro atoms. The Balaban J connectivity index is 1.86. The van der Waals surface area contributed by atoms with Crippen LogP contribution in [0.25, 0.3) is 6.08 Å². The number of carbonyl (C=O) groups excluding carboxylic acids is 1. The Morgan fingerprint density at radius 2 is 1.91 bits per heavy atom. The first-order chi connectivity index (χ1) is 16.4. The number of rotatable bonds is 7. The van der Waals surface area contributed by atoms with Crippen LogP contribution in [-0.4, -0.2) is 13.0 Å². The molecule has 0 atom stereocenters. The van der Waals surface area contributed by atoms with Gasteiger partial charge in [0.15, 0.2) is 11.5 Å². The van der Waals surface area contributed by atoms with Gasteiger partial charge in [-0.25, -0.2) is 0 Å². The van der Waals surface area contributed by atoms with Crippen molar-refractivity contribution in [3.63, 3.8) is 0 Å². The van der Waals surface area contributed by atoms with Crippen molar-refractivity contribution < 1.29 is 14.3 Å². The molecule has 0 fully saturated rings. The molecule has 0 aliphatic heterocycles. The smallest absolute Gasteiger partial charge is 0.266 e. The molecule has 34 heavy (non-hydrogen) atoms. The van der Waals surface area contributed by atoms with Gasteiger partial charge in [0.1, 0.15) is 18.2 Å². The Bertz CT molecular complexity index is 1360. The van der Waals surface area contributed by atoms with Crippen molar-refractivity contribution in [1.82, 2.24) is 0 Å². The molecule has 0 radical (unpaired) electrons.